The fraction of sp³-hybridized carbons (Fsp3) is 0.250. The topological polar surface area (TPSA) is 35.5 Å². The van der Waals surface area contributed by atoms with Gasteiger partial charge in [-0.3, -0.25) is 0 Å². The third-order valence-corrected chi connectivity index (χ3v) is 3.09. The molecule has 0 fully saturated rings. The van der Waals surface area contributed by atoms with Crippen LogP contribution >= 0.6 is 0 Å². The van der Waals surface area contributed by atoms with Crippen molar-refractivity contribution in [2.45, 2.75) is 13.2 Å². The summed E-state index contributed by atoms with van der Waals surface area (Å²) in [4.78, 5) is 2.08. The zero-order chi connectivity index (χ0) is 13.7. The molecule has 2 aromatic rings. The lowest BCUT2D eigenvalue weighted by Gasteiger charge is -2.13. The van der Waals surface area contributed by atoms with Gasteiger partial charge in [0.1, 0.15) is 0 Å². The highest BCUT2D eigenvalue weighted by atomic mass is 16.3. The number of anilines is 2. The Morgan fingerprint density at radius 1 is 0.895 bits per heavy atom. The molecule has 0 spiro atoms. The summed E-state index contributed by atoms with van der Waals surface area (Å²) in [5.41, 5.74) is 4.45. The van der Waals surface area contributed by atoms with Crippen LogP contribution in [0.3, 0.4) is 0 Å². The number of aliphatic hydroxyl groups excluding tert-OH is 1. The molecule has 3 heteroatoms. The monoisotopic (exact) mass is 256 g/mol. The molecule has 2 aromatic carbocycles. The number of nitrogens with zero attached hydrogens (tertiary/aromatic N) is 1. The number of rotatable bonds is 5. The van der Waals surface area contributed by atoms with Gasteiger partial charge in [-0.15, -0.1) is 0 Å². The number of benzene rings is 2. The summed E-state index contributed by atoms with van der Waals surface area (Å²) in [5, 5.41) is 12.4. The number of hydrogen-bond acceptors (Lipinski definition) is 3. The van der Waals surface area contributed by atoms with E-state index in [-0.39, 0.29) is 6.61 Å². The van der Waals surface area contributed by atoms with Crippen LogP contribution in [-0.4, -0.2) is 19.2 Å². The van der Waals surface area contributed by atoms with Gasteiger partial charge in [0.15, 0.2) is 0 Å². The molecule has 0 heterocycles. The third kappa shape index (κ3) is 3.73. The first kappa shape index (κ1) is 13.4. The number of nitrogens with one attached hydrogen (secondary N) is 1. The van der Waals surface area contributed by atoms with E-state index >= 15 is 0 Å². The van der Waals surface area contributed by atoms with Gasteiger partial charge in [-0.1, -0.05) is 24.3 Å². The molecule has 0 unspecified atom stereocenters. The molecule has 0 aliphatic rings. The van der Waals surface area contributed by atoms with E-state index in [0.717, 1.165) is 17.8 Å². The average molecular weight is 256 g/mol. The Hall–Kier alpha value is -2.00. The van der Waals surface area contributed by atoms with E-state index in [9.17, 15) is 0 Å². The van der Waals surface area contributed by atoms with Crippen LogP contribution in [0, 0.1) is 0 Å². The second-order valence-corrected chi connectivity index (χ2v) is 4.77. The Morgan fingerprint density at radius 3 is 2.00 bits per heavy atom. The zero-order valence-corrected chi connectivity index (χ0v) is 11.4. The molecule has 0 radical (unpaired) electrons. The summed E-state index contributed by atoms with van der Waals surface area (Å²) >= 11 is 0. The molecule has 19 heavy (non-hydrogen) atoms. The molecule has 0 saturated carbocycles. The maximum Gasteiger partial charge on any atom is 0.0681 e. The molecule has 0 aromatic heterocycles. The van der Waals surface area contributed by atoms with E-state index in [4.69, 9.17) is 5.11 Å². The van der Waals surface area contributed by atoms with Crippen molar-refractivity contribution in [3.63, 3.8) is 0 Å². The zero-order valence-electron chi connectivity index (χ0n) is 11.4. The highest BCUT2D eigenvalue weighted by Crippen LogP contribution is 2.16. The molecule has 2 N–H and O–H groups in total. The standard InChI is InChI=1S/C16H20N2O/c1-18(2)16-9-7-15(8-10-16)17-11-13-3-5-14(12-19)6-4-13/h3-10,17,19H,11-12H2,1-2H3. The van der Waals surface area contributed by atoms with Crippen molar-refractivity contribution in [2.75, 3.05) is 24.3 Å². The van der Waals surface area contributed by atoms with Crippen LogP contribution in [0.15, 0.2) is 48.5 Å². The van der Waals surface area contributed by atoms with Gasteiger partial charge >= 0.3 is 0 Å². The Balaban J connectivity index is 1.94. The number of aliphatic hydroxyl groups is 1. The highest BCUT2D eigenvalue weighted by Gasteiger charge is 1.97. The highest BCUT2D eigenvalue weighted by molar-refractivity contribution is 5.54. The molecule has 100 valence electrons. The molecule has 0 amide bonds. The lowest BCUT2D eigenvalue weighted by molar-refractivity contribution is 0.282. The summed E-state index contributed by atoms with van der Waals surface area (Å²) in [5.74, 6) is 0. The quantitative estimate of drug-likeness (QED) is 0.863. The predicted octanol–water partition coefficient (Wildman–Crippen LogP) is 2.86. The normalized spacial score (nSPS) is 10.3. The molecule has 0 saturated heterocycles. The van der Waals surface area contributed by atoms with Crippen molar-refractivity contribution < 1.29 is 5.11 Å². The van der Waals surface area contributed by atoms with Crippen molar-refractivity contribution >= 4 is 11.4 Å². The molecular weight excluding hydrogens is 236 g/mol. The van der Waals surface area contributed by atoms with Crippen molar-refractivity contribution in [1.82, 2.24) is 0 Å². The van der Waals surface area contributed by atoms with Crippen molar-refractivity contribution in [2.24, 2.45) is 0 Å². The van der Waals surface area contributed by atoms with E-state index in [1.807, 2.05) is 38.4 Å². The van der Waals surface area contributed by atoms with Gasteiger partial charge in [-0.25, -0.2) is 0 Å². The molecular formula is C16H20N2O. The van der Waals surface area contributed by atoms with E-state index in [1.165, 1.54) is 11.3 Å². The number of hydrogen-bond donors (Lipinski definition) is 2. The van der Waals surface area contributed by atoms with E-state index in [1.54, 1.807) is 0 Å². The van der Waals surface area contributed by atoms with Crippen molar-refractivity contribution in [3.05, 3.63) is 59.7 Å². The molecule has 3 nitrogen and oxygen atoms in total. The van der Waals surface area contributed by atoms with E-state index in [2.05, 4.69) is 34.5 Å². The van der Waals surface area contributed by atoms with Crippen LogP contribution < -0.4 is 10.2 Å². The van der Waals surface area contributed by atoms with Gasteiger partial charge in [0.25, 0.3) is 0 Å². The summed E-state index contributed by atoms with van der Waals surface area (Å²) in [6, 6.07) is 16.3. The van der Waals surface area contributed by atoms with Crippen LogP contribution in [0.4, 0.5) is 11.4 Å². The van der Waals surface area contributed by atoms with E-state index < -0.39 is 0 Å². The third-order valence-electron chi connectivity index (χ3n) is 3.09. The van der Waals surface area contributed by atoms with Crippen LogP contribution in [0.25, 0.3) is 0 Å². The van der Waals surface area contributed by atoms with Gasteiger partial charge < -0.3 is 15.3 Å². The second kappa shape index (κ2) is 6.25. The maximum absolute atomic E-state index is 8.99. The lowest BCUT2D eigenvalue weighted by atomic mass is 10.1. The largest absolute Gasteiger partial charge is 0.392 e. The summed E-state index contributed by atoms with van der Waals surface area (Å²) in [6.07, 6.45) is 0. The molecule has 0 aliphatic heterocycles. The second-order valence-electron chi connectivity index (χ2n) is 4.77. The van der Waals surface area contributed by atoms with Crippen LogP contribution in [0.5, 0.6) is 0 Å². The van der Waals surface area contributed by atoms with Crippen LogP contribution in [-0.2, 0) is 13.2 Å². The first-order chi connectivity index (χ1) is 9.19. The minimum absolute atomic E-state index is 0.0969. The van der Waals surface area contributed by atoms with Gasteiger partial charge in [-0.2, -0.15) is 0 Å². The Bertz CT molecular complexity index is 503. The Kier molecular flexibility index (Phi) is 4.42. The first-order valence-electron chi connectivity index (χ1n) is 6.39. The Morgan fingerprint density at radius 2 is 1.47 bits per heavy atom. The predicted molar refractivity (Wildman–Crippen MR) is 80.5 cm³/mol. The average Bonchev–Trinajstić information content (AvgIpc) is 2.46. The van der Waals surface area contributed by atoms with Gasteiger partial charge in [0.05, 0.1) is 6.61 Å². The van der Waals surface area contributed by atoms with Crippen LogP contribution in [0.1, 0.15) is 11.1 Å². The SMILES string of the molecule is CN(C)c1ccc(NCc2ccc(CO)cc2)cc1. The lowest BCUT2D eigenvalue weighted by Crippen LogP contribution is -2.08. The molecule has 0 bridgehead atoms. The minimum Gasteiger partial charge on any atom is -0.392 e. The smallest absolute Gasteiger partial charge is 0.0681 e. The van der Waals surface area contributed by atoms with Crippen molar-refractivity contribution in [3.8, 4) is 0 Å². The Labute approximate surface area is 114 Å². The minimum atomic E-state index is 0.0969. The van der Waals surface area contributed by atoms with Gasteiger partial charge in [-0.05, 0) is 35.4 Å². The van der Waals surface area contributed by atoms with Gasteiger partial charge in [0.2, 0.25) is 0 Å². The summed E-state index contributed by atoms with van der Waals surface area (Å²) in [6.45, 7) is 0.882. The van der Waals surface area contributed by atoms with E-state index in [0.29, 0.717) is 0 Å². The summed E-state index contributed by atoms with van der Waals surface area (Å²) < 4.78 is 0. The summed E-state index contributed by atoms with van der Waals surface area (Å²) in [7, 11) is 4.07. The molecule has 2 rings (SSSR count). The maximum atomic E-state index is 8.99. The molecule has 0 atom stereocenters. The fourth-order valence-corrected chi connectivity index (χ4v) is 1.84. The fourth-order valence-electron chi connectivity index (χ4n) is 1.84. The molecule has 0 aliphatic carbocycles. The van der Waals surface area contributed by atoms with Gasteiger partial charge in [0, 0.05) is 32.0 Å². The van der Waals surface area contributed by atoms with Crippen molar-refractivity contribution in [1.29, 1.82) is 0 Å². The van der Waals surface area contributed by atoms with Crippen LogP contribution in [0.2, 0.25) is 0 Å². The first-order valence-corrected chi connectivity index (χ1v) is 6.39.